The molecule has 8 nitrogen and oxygen atoms in total. The lowest BCUT2D eigenvalue weighted by molar-refractivity contribution is -0.137. The summed E-state index contributed by atoms with van der Waals surface area (Å²) in [4.78, 5) is 34.6. The first kappa shape index (κ1) is 23.2. The molecule has 0 aliphatic heterocycles. The van der Waals surface area contributed by atoms with Crippen LogP contribution in [0.1, 0.15) is 34.7 Å². The van der Waals surface area contributed by atoms with Gasteiger partial charge in [-0.05, 0) is 55.5 Å². The van der Waals surface area contributed by atoms with Gasteiger partial charge in [0.1, 0.15) is 11.3 Å². The number of halogens is 3. The third-order valence-corrected chi connectivity index (χ3v) is 5.79. The van der Waals surface area contributed by atoms with E-state index in [-0.39, 0.29) is 17.0 Å². The average molecular weight is 492 g/mol. The van der Waals surface area contributed by atoms with Crippen LogP contribution in [0, 0.1) is 0 Å². The minimum Gasteiger partial charge on any atom is -0.342 e. The van der Waals surface area contributed by atoms with Crippen molar-refractivity contribution < 1.29 is 18.0 Å². The fourth-order valence-corrected chi connectivity index (χ4v) is 4.07. The molecular weight excluding hydrogens is 473 g/mol. The average Bonchev–Trinajstić information content (AvgIpc) is 3.26. The van der Waals surface area contributed by atoms with Gasteiger partial charge >= 0.3 is 6.18 Å². The van der Waals surface area contributed by atoms with Crippen molar-refractivity contribution in [2.24, 2.45) is 7.05 Å². The molecule has 1 amide bonds. The molecule has 0 unspecified atom stereocenters. The predicted molar refractivity (Wildman–Crippen MR) is 127 cm³/mol. The SMILES string of the molecule is C[C@@H](NC(=O)c1ccc2c(c1)c1nn(C)cc1c(=O)n2-c1ccc(C(F)(F)F)cc1)c1ncccn1. The van der Waals surface area contributed by atoms with Crippen molar-refractivity contribution in [3.63, 3.8) is 0 Å². The van der Waals surface area contributed by atoms with E-state index in [0.717, 1.165) is 12.1 Å². The molecule has 2 aromatic carbocycles. The van der Waals surface area contributed by atoms with Crippen LogP contribution in [0.3, 0.4) is 0 Å². The van der Waals surface area contributed by atoms with Gasteiger partial charge in [-0.2, -0.15) is 18.3 Å². The number of carbonyl (C=O) groups excluding carboxylic acids is 1. The number of hydrogen-bond donors (Lipinski definition) is 1. The molecule has 0 saturated heterocycles. The van der Waals surface area contributed by atoms with E-state index in [1.807, 2.05) is 0 Å². The summed E-state index contributed by atoms with van der Waals surface area (Å²) in [5, 5.41) is 8.01. The van der Waals surface area contributed by atoms with Gasteiger partial charge in [0.25, 0.3) is 11.5 Å². The van der Waals surface area contributed by atoms with Crippen LogP contribution >= 0.6 is 0 Å². The Hall–Kier alpha value is -4.54. The van der Waals surface area contributed by atoms with E-state index < -0.39 is 23.3 Å². The zero-order chi connectivity index (χ0) is 25.6. The highest BCUT2D eigenvalue weighted by molar-refractivity contribution is 6.07. The van der Waals surface area contributed by atoms with E-state index >= 15 is 0 Å². The first-order valence-corrected chi connectivity index (χ1v) is 10.9. The minimum absolute atomic E-state index is 0.260. The number of alkyl halides is 3. The summed E-state index contributed by atoms with van der Waals surface area (Å²) in [7, 11) is 1.66. The Balaban J connectivity index is 1.63. The summed E-state index contributed by atoms with van der Waals surface area (Å²) in [6, 6.07) is 10.3. The number of aromatic nitrogens is 5. The van der Waals surface area contributed by atoms with Gasteiger partial charge in [0, 0.05) is 42.3 Å². The van der Waals surface area contributed by atoms with Crippen LogP contribution in [0.15, 0.2) is 71.9 Å². The lowest BCUT2D eigenvalue weighted by Crippen LogP contribution is -2.28. The maximum absolute atomic E-state index is 13.4. The number of benzene rings is 2. The molecule has 36 heavy (non-hydrogen) atoms. The van der Waals surface area contributed by atoms with E-state index in [2.05, 4.69) is 20.4 Å². The van der Waals surface area contributed by atoms with Crippen molar-refractivity contribution in [2.45, 2.75) is 19.1 Å². The standard InChI is InChI=1S/C25H19F3N6O2/c1-14(22-29-10-3-11-30-22)31-23(35)15-4-9-20-18(12-15)21-19(13-33(2)32-21)24(36)34(20)17-7-5-16(6-8-17)25(26,27)28/h3-14H,1-2H3,(H,31,35)/t14-/m1/s1. The van der Waals surface area contributed by atoms with Crippen LogP contribution in [0.4, 0.5) is 13.2 Å². The smallest absolute Gasteiger partial charge is 0.342 e. The van der Waals surface area contributed by atoms with Crippen LogP contribution in [0.2, 0.25) is 0 Å². The van der Waals surface area contributed by atoms with Gasteiger partial charge in [-0.3, -0.25) is 18.8 Å². The molecule has 11 heteroatoms. The number of rotatable bonds is 4. The zero-order valence-corrected chi connectivity index (χ0v) is 19.1. The van der Waals surface area contributed by atoms with Gasteiger partial charge in [-0.1, -0.05) is 0 Å². The molecule has 3 aromatic heterocycles. The predicted octanol–water partition coefficient (Wildman–Crippen LogP) is 4.18. The molecule has 0 aliphatic carbocycles. The fraction of sp³-hybridized carbons (Fsp3) is 0.160. The molecule has 5 rings (SSSR count). The summed E-state index contributed by atoms with van der Waals surface area (Å²) in [6.07, 6.45) is 0.209. The molecule has 0 radical (unpaired) electrons. The molecule has 182 valence electrons. The Labute approximate surface area is 202 Å². The molecule has 0 aliphatic rings. The number of carbonyl (C=O) groups is 1. The highest BCUT2D eigenvalue weighted by Gasteiger charge is 2.30. The van der Waals surface area contributed by atoms with E-state index in [1.54, 1.807) is 56.8 Å². The van der Waals surface area contributed by atoms with Gasteiger partial charge < -0.3 is 5.32 Å². The van der Waals surface area contributed by atoms with Gasteiger partial charge in [-0.25, -0.2) is 9.97 Å². The van der Waals surface area contributed by atoms with Crippen LogP contribution < -0.4 is 10.9 Å². The van der Waals surface area contributed by atoms with E-state index in [4.69, 9.17) is 0 Å². The Morgan fingerprint density at radius 2 is 1.72 bits per heavy atom. The van der Waals surface area contributed by atoms with Gasteiger partial charge in [-0.15, -0.1) is 0 Å². The molecule has 0 spiro atoms. The number of aryl methyl sites for hydroxylation is 1. The summed E-state index contributed by atoms with van der Waals surface area (Å²) < 4.78 is 42.0. The van der Waals surface area contributed by atoms with Crippen LogP contribution in [-0.2, 0) is 13.2 Å². The zero-order valence-electron chi connectivity index (χ0n) is 19.1. The topological polar surface area (TPSA) is 94.7 Å². The Bertz CT molecular complexity index is 1660. The lowest BCUT2D eigenvalue weighted by atomic mass is 10.1. The largest absolute Gasteiger partial charge is 0.416 e. The number of fused-ring (bicyclic) bond motifs is 3. The molecule has 5 aromatic rings. The second-order valence-electron chi connectivity index (χ2n) is 8.28. The highest BCUT2D eigenvalue weighted by Crippen LogP contribution is 2.31. The second kappa shape index (κ2) is 8.59. The van der Waals surface area contributed by atoms with E-state index in [9.17, 15) is 22.8 Å². The second-order valence-corrected chi connectivity index (χ2v) is 8.28. The van der Waals surface area contributed by atoms with Crippen LogP contribution in [0.5, 0.6) is 0 Å². The van der Waals surface area contributed by atoms with Crippen molar-refractivity contribution in [3.8, 4) is 5.69 Å². The van der Waals surface area contributed by atoms with Crippen molar-refractivity contribution in [3.05, 3.63) is 94.4 Å². The number of amides is 1. The third kappa shape index (κ3) is 4.08. The first-order chi connectivity index (χ1) is 17.1. The fourth-order valence-electron chi connectivity index (χ4n) is 4.07. The van der Waals surface area contributed by atoms with E-state index in [1.165, 1.54) is 21.4 Å². The van der Waals surface area contributed by atoms with Crippen LogP contribution in [-0.4, -0.2) is 30.2 Å². The summed E-state index contributed by atoms with van der Waals surface area (Å²) in [5.41, 5.74) is 0.112. The summed E-state index contributed by atoms with van der Waals surface area (Å²) in [6.45, 7) is 1.76. The Morgan fingerprint density at radius 3 is 2.39 bits per heavy atom. The molecule has 3 heterocycles. The van der Waals surface area contributed by atoms with Crippen molar-refractivity contribution in [1.82, 2.24) is 29.6 Å². The Kier molecular flexibility index (Phi) is 5.54. The van der Waals surface area contributed by atoms with Crippen molar-refractivity contribution >= 4 is 27.7 Å². The van der Waals surface area contributed by atoms with Gasteiger partial charge in [0.15, 0.2) is 0 Å². The van der Waals surface area contributed by atoms with Gasteiger partial charge in [0.2, 0.25) is 0 Å². The normalized spacial score (nSPS) is 12.7. The molecule has 1 N–H and O–H groups in total. The maximum Gasteiger partial charge on any atom is 0.416 e. The number of hydrogen-bond acceptors (Lipinski definition) is 5. The molecule has 0 saturated carbocycles. The number of nitrogens with one attached hydrogen (secondary N) is 1. The molecule has 1 atom stereocenters. The maximum atomic E-state index is 13.4. The Morgan fingerprint density at radius 1 is 1.03 bits per heavy atom. The molecular formula is C25H19F3N6O2. The molecule has 0 bridgehead atoms. The van der Waals surface area contributed by atoms with Crippen molar-refractivity contribution in [1.29, 1.82) is 0 Å². The summed E-state index contributed by atoms with van der Waals surface area (Å²) in [5.74, 6) is 0.0723. The van der Waals surface area contributed by atoms with Crippen molar-refractivity contribution in [2.75, 3.05) is 0 Å². The number of pyridine rings is 1. The number of nitrogens with zero attached hydrogens (tertiary/aromatic N) is 5. The summed E-state index contributed by atoms with van der Waals surface area (Å²) >= 11 is 0. The quantitative estimate of drug-likeness (QED) is 0.406. The van der Waals surface area contributed by atoms with Crippen LogP contribution in [0.25, 0.3) is 27.5 Å². The first-order valence-electron chi connectivity index (χ1n) is 10.9. The highest BCUT2D eigenvalue weighted by atomic mass is 19.4. The lowest BCUT2D eigenvalue weighted by Gasteiger charge is -2.15. The minimum atomic E-state index is -4.50. The van der Waals surface area contributed by atoms with Gasteiger partial charge in [0.05, 0.1) is 22.5 Å². The van der Waals surface area contributed by atoms with E-state index in [0.29, 0.717) is 27.8 Å². The molecule has 0 fully saturated rings. The monoisotopic (exact) mass is 492 g/mol. The third-order valence-electron chi connectivity index (χ3n) is 5.79.